The molecule has 0 aromatic heterocycles. The first-order chi connectivity index (χ1) is 14.8. The quantitative estimate of drug-likeness (QED) is 0.585. The molecule has 0 fully saturated rings. The summed E-state index contributed by atoms with van der Waals surface area (Å²) in [7, 11) is -0.636. The fourth-order valence-electron chi connectivity index (χ4n) is 2.98. The van der Waals surface area contributed by atoms with Crippen molar-refractivity contribution in [1.82, 2.24) is 14.9 Å². The van der Waals surface area contributed by atoms with Crippen LogP contribution in [0.1, 0.15) is 12.5 Å². The molecule has 166 valence electrons. The maximum absolute atomic E-state index is 12.6. The highest BCUT2D eigenvalue weighted by Gasteiger charge is 2.20. The minimum atomic E-state index is -3.80. The van der Waals surface area contributed by atoms with Crippen LogP contribution in [0.3, 0.4) is 0 Å². The Labute approximate surface area is 181 Å². The third kappa shape index (κ3) is 5.86. The lowest BCUT2D eigenvalue weighted by Gasteiger charge is -2.27. The average molecular weight is 448 g/mol. The van der Waals surface area contributed by atoms with Crippen molar-refractivity contribution in [3.8, 4) is 11.5 Å². The van der Waals surface area contributed by atoms with E-state index in [-0.39, 0.29) is 16.8 Å². The second-order valence-corrected chi connectivity index (χ2v) is 8.49. The molecule has 0 saturated heterocycles. The molecule has 3 N–H and O–H groups in total. The summed E-state index contributed by atoms with van der Waals surface area (Å²) in [4.78, 5) is 17.4. The number of nitrogens with zero attached hydrogens (tertiary/aromatic N) is 2. The Kier molecular flexibility index (Phi) is 6.98. The highest BCUT2D eigenvalue weighted by molar-refractivity contribution is 7.90. The number of benzene rings is 2. The lowest BCUT2D eigenvalue weighted by Crippen LogP contribution is -2.49. The molecule has 2 aromatic rings. The summed E-state index contributed by atoms with van der Waals surface area (Å²) in [6.45, 7) is 2.72. The number of sulfonamides is 1. The summed E-state index contributed by atoms with van der Waals surface area (Å²) in [5, 5.41) is 5.57. The van der Waals surface area contributed by atoms with Gasteiger partial charge in [-0.3, -0.25) is 9.69 Å². The Balaban J connectivity index is 1.60. The molecule has 0 aliphatic carbocycles. The molecular weight excluding hydrogens is 422 g/mol. The molecule has 1 amide bonds. The van der Waals surface area contributed by atoms with E-state index in [9.17, 15) is 13.2 Å². The predicted octanol–water partition coefficient (Wildman–Crippen LogP) is 1.32. The molecule has 0 spiro atoms. The van der Waals surface area contributed by atoms with Crippen LogP contribution in [0.4, 0.5) is 5.69 Å². The van der Waals surface area contributed by atoms with E-state index in [1.807, 2.05) is 23.1 Å². The summed E-state index contributed by atoms with van der Waals surface area (Å²) >= 11 is 0. The van der Waals surface area contributed by atoms with Gasteiger partial charge in [0.1, 0.15) is 0 Å². The molecule has 1 heterocycles. The van der Waals surface area contributed by atoms with Crippen molar-refractivity contribution in [1.29, 1.82) is 0 Å². The number of methoxy groups -OCH3 is 2. The monoisotopic (exact) mass is 447 g/mol. The van der Waals surface area contributed by atoms with Gasteiger partial charge in [0.15, 0.2) is 11.5 Å². The van der Waals surface area contributed by atoms with Crippen molar-refractivity contribution >= 4 is 27.6 Å². The SMILES string of the molecule is COc1ccc(CN2CN=C(NS(=O)(=O)c3ccc(NC(C)=O)cc3)NC2)cc1OC. The number of aliphatic imine (C=N–C) groups is 1. The van der Waals surface area contributed by atoms with Crippen LogP contribution in [0.15, 0.2) is 52.4 Å². The molecule has 10 nitrogen and oxygen atoms in total. The molecule has 0 atom stereocenters. The van der Waals surface area contributed by atoms with E-state index in [0.29, 0.717) is 37.1 Å². The number of rotatable bonds is 7. The van der Waals surface area contributed by atoms with E-state index in [1.54, 1.807) is 14.2 Å². The lowest BCUT2D eigenvalue weighted by atomic mass is 10.2. The molecule has 1 aliphatic heterocycles. The number of nitrogens with one attached hydrogen (secondary N) is 3. The van der Waals surface area contributed by atoms with Gasteiger partial charge < -0.3 is 20.1 Å². The first-order valence-corrected chi connectivity index (χ1v) is 10.9. The van der Waals surface area contributed by atoms with Gasteiger partial charge in [0.25, 0.3) is 10.0 Å². The van der Waals surface area contributed by atoms with Gasteiger partial charge in [0, 0.05) is 19.2 Å². The number of hydrogen-bond acceptors (Lipinski definition) is 8. The maximum Gasteiger partial charge on any atom is 0.264 e. The third-order valence-corrected chi connectivity index (χ3v) is 5.82. The van der Waals surface area contributed by atoms with E-state index in [0.717, 1.165) is 5.56 Å². The van der Waals surface area contributed by atoms with Crippen molar-refractivity contribution < 1.29 is 22.7 Å². The molecule has 31 heavy (non-hydrogen) atoms. The second kappa shape index (κ2) is 9.67. The van der Waals surface area contributed by atoms with Crippen LogP contribution in [0, 0.1) is 0 Å². The minimum Gasteiger partial charge on any atom is -0.493 e. The highest BCUT2D eigenvalue weighted by atomic mass is 32.2. The molecule has 11 heteroatoms. The molecule has 0 unspecified atom stereocenters. The van der Waals surface area contributed by atoms with E-state index in [1.165, 1.54) is 31.2 Å². The van der Waals surface area contributed by atoms with Gasteiger partial charge in [-0.2, -0.15) is 0 Å². The van der Waals surface area contributed by atoms with Crippen LogP contribution in [-0.4, -0.2) is 52.7 Å². The number of anilines is 1. The molecule has 0 saturated carbocycles. The first kappa shape index (κ1) is 22.4. The summed E-state index contributed by atoms with van der Waals surface area (Å²) in [5.41, 5.74) is 1.53. The predicted molar refractivity (Wildman–Crippen MR) is 116 cm³/mol. The Morgan fingerprint density at radius 2 is 1.84 bits per heavy atom. The lowest BCUT2D eigenvalue weighted by molar-refractivity contribution is -0.114. The van der Waals surface area contributed by atoms with Crippen molar-refractivity contribution in [2.75, 3.05) is 32.9 Å². The number of carbonyl (C=O) groups excluding carboxylic acids is 1. The van der Waals surface area contributed by atoms with Gasteiger partial charge in [-0.1, -0.05) is 6.07 Å². The van der Waals surface area contributed by atoms with Crippen molar-refractivity contribution in [3.63, 3.8) is 0 Å². The van der Waals surface area contributed by atoms with Gasteiger partial charge in [-0.15, -0.1) is 0 Å². The third-order valence-electron chi connectivity index (χ3n) is 4.47. The van der Waals surface area contributed by atoms with Crippen molar-refractivity contribution in [2.24, 2.45) is 4.99 Å². The standard InChI is InChI=1S/C20H25N5O5S/c1-14(26)23-16-5-7-17(8-6-16)31(27,28)24-20-21-12-25(13-22-20)11-15-4-9-18(29-2)19(10-15)30-3/h4-10H,11-13H2,1-3H3,(H,23,26)(H2,21,22,24). The average Bonchev–Trinajstić information content (AvgIpc) is 2.75. The Morgan fingerprint density at radius 3 is 2.42 bits per heavy atom. The Bertz CT molecular complexity index is 1070. The number of guanidine groups is 1. The van der Waals surface area contributed by atoms with E-state index in [4.69, 9.17) is 9.47 Å². The van der Waals surface area contributed by atoms with Crippen molar-refractivity contribution in [3.05, 3.63) is 48.0 Å². The second-order valence-electron chi connectivity index (χ2n) is 6.81. The van der Waals surface area contributed by atoms with E-state index in [2.05, 4.69) is 20.3 Å². The summed E-state index contributed by atoms with van der Waals surface area (Å²) in [6.07, 6.45) is 0. The van der Waals surface area contributed by atoms with Crippen LogP contribution in [0.2, 0.25) is 0 Å². The largest absolute Gasteiger partial charge is 0.493 e. The van der Waals surface area contributed by atoms with Crippen LogP contribution >= 0.6 is 0 Å². The molecule has 2 aromatic carbocycles. The maximum atomic E-state index is 12.6. The number of carbonyl (C=O) groups is 1. The number of hydrogen-bond donors (Lipinski definition) is 3. The Morgan fingerprint density at radius 1 is 1.13 bits per heavy atom. The van der Waals surface area contributed by atoms with Crippen LogP contribution in [-0.2, 0) is 21.4 Å². The topological polar surface area (TPSA) is 121 Å². The molecule has 1 aliphatic rings. The smallest absolute Gasteiger partial charge is 0.264 e. The minimum absolute atomic E-state index is 0.0684. The molecule has 0 bridgehead atoms. The van der Waals surface area contributed by atoms with E-state index < -0.39 is 10.0 Å². The zero-order chi connectivity index (χ0) is 22.4. The van der Waals surface area contributed by atoms with Gasteiger partial charge in [0.2, 0.25) is 11.9 Å². The van der Waals surface area contributed by atoms with Crippen LogP contribution < -0.4 is 24.8 Å². The fraction of sp³-hybridized carbons (Fsp3) is 0.300. The highest BCUT2D eigenvalue weighted by Crippen LogP contribution is 2.28. The Hall–Kier alpha value is -3.31. The van der Waals surface area contributed by atoms with Gasteiger partial charge >= 0.3 is 0 Å². The molecule has 0 radical (unpaired) electrons. The summed E-state index contributed by atoms with van der Waals surface area (Å²) < 4.78 is 38.2. The zero-order valence-electron chi connectivity index (χ0n) is 17.5. The number of amides is 1. The van der Waals surface area contributed by atoms with E-state index >= 15 is 0 Å². The molecular formula is C20H25N5O5S. The normalized spacial score (nSPS) is 14.2. The van der Waals surface area contributed by atoms with Crippen LogP contribution in [0.25, 0.3) is 0 Å². The molecule has 3 rings (SSSR count). The number of ether oxygens (including phenoxy) is 2. The summed E-state index contributed by atoms with van der Waals surface area (Å²) in [6, 6.07) is 11.6. The van der Waals surface area contributed by atoms with Crippen LogP contribution in [0.5, 0.6) is 11.5 Å². The zero-order valence-corrected chi connectivity index (χ0v) is 18.3. The van der Waals surface area contributed by atoms with Crippen molar-refractivity contribution in [2.45, 2.75) is 18.4 Å². The first-order valence-electron chi connectivity index (χ1n) is 9.43. The van der Waals surface area contributed by atoms with Gasteiger partial charge in [-0.25, -0.2) is 18.1 Å². The summed E-state index contributed by atoms with van der Waals surface area (Å²) in [5.74, 6) is 1.25. The van der Waals surface area contributed by atoms with Gasteiger partial charge in [-0.05, 0) is 42.0 Å². The van der Waals surface area contributed by atoms with Gasteiger partial charge in [0.05, 0.1) is 32.5 Å². The fourth-order valence-corrected chi connectivity index (χ4v) is 3.99.